The van der Waals surface area contributed by atoms with E-state index in [-0.39, 0.29) is 46.8 Å². The maximum absolute atomic E-state index is 14.2. The Labute approximate surface area is 239 Å². The number of fused-ring (bicyclic) bond motifs is 2. The molecule has 0 spiro atoms. The monoisotopic (exact) mass is 595 g/mol. The van der Waals surface area contributed by atoms with Crippen LogP contribution in [-0.2, 0) is 28.0 Å². The first kappa shape index (κ1) is 27.8. The Morgan fingerprint density at radius 2 is 1.91 bits per heavy atom. The van der Waals surface area contributed by atoms with Crippen LogP contribution in [0.3, 0.4) is 0 Å². The van der Waals surface area contributed by atoms with Gasteiger partial charge in [-0.25, -0.2) is 28.5 Å². The molecule has 0 radical (unpaired) electrons. The first-order chi connectivity index (χ1) is 20.4. The third kappa shape index (κ3) is 4.71. The highest BCUT2D eigenvalue weighted by molar-refractivity contribution is 6.08. The lowest BCUT2D eigenvalue weighted by Crippen LogP contribution is -2.33. The molecule has 3 aromatic heterocycles. The minimum Gasteiger partial charge on any atom is -0.477 e. The van der Waals surface area contributed by atoms with Crippen molar-refractivity contribution in [3.63, 3.8) is 0 Å². The normalized spacial score (nSPS) is 16.4. The summed E-state index contributed by atoms with van der Waals surface area (Å²) >= 11 is 0. The molecule has 5 aromatic rings. The number of anilines is 2. The van der Waals surface area contributed by atoms with E-state index in [0.29, 0.717) is 16.5 Å². The molecular weight excluding hydrogens is 574 g/mol. The maximum Gasteiger partial charge on any atom is 0.374 e. The van der Waals surface area contributed by atoms with Gasteiger partial charge >= 0.3 is 11.9 Å². The first-order valence-electron chi connectivity index (χ1n) is 12.8. The number of carboxylic acids is 1. The van der Waals surface area contributed by atoms with Crippen molar-refractivity contribution < 1.29 is 36.7 Å². The van der Waals surface area contributed by atoms with Gasteiger partial charge in [0.15, 0.2) is 11.2 Å². The lowest BCUT2D eigenvalue weighted by atomic mass is 9.84. The molecule has 15 heteroatoms. The van der Waals surface area contributed by atoms with E-state index in [0.717, 1.165) is 6.26 Å². The molecule has 1 aliphatic rings. The third-order valence-corrected chi connectivity index (χ3v) is 7.26. The van der Waals surface area contributed by atoms with Crippen molar-refractivity contribution in [2.45, 2.75) is 37.6 Å². The topological polar surface area (TPSA) is 162 Å². The van der Waals surface area contributed by atoms with Crippen molar-refractivity contribution in [2.24, 2.45) is 0 Å². The quantitative estimate of drug-likeness (QED) is 0.222. The number of carbonyl (C=O) groups is 2. The minimum atomic E-state index is -3.96. The number of carbonyl (C=O) groups excluding carboxylic acids is 1. The smallest absolute Gasteiger partial charge is 0.374 e. The Morgan fingerprint density at radius 3 is 2.65 bits per heavy atom. The molecule has 6 rings (SSSR count). The number of aliphatic carboxylic acids is 1. The number of nitrogen functional groups attached to an aromatic ring is 1. The SMILES string of the molecule is CC1(c2nc(CCC(F)(F)C(=O)O)co2)C(=O)Nc2nc(-c3nn(Cc4cccc(F)c4)c4cc(F)ccc34)nc(N)c21. The van der Waals surface area contributed by atoms with E-state index in [1.165, 1.54) is 41.9 Å². The average molecular weight is 596 g/mol. The number of hydrogen-bond acceptors (Lipinski definition) is 8. The Hall–Kier alpha value is -5.34. The lowest BCUT2D eigenvalue weighted by molar-refractivity contribution is -0.165. The molecule has 0 aliphatic carbocycles. The van der Waals surface area contributed by atoms with Crippen molar-refractivity contribution in [1.29, 1.82) is 0 Å². The second-order valence-electron chi connectivity index (χ2n) is 10.2. The molecule has 4 N–H and O–H groups in total. The fourth-order valence-corrected chi connectivity index (χ4v) is 5.00. The van der Waals surface area contributed by atoms with Crippen LogP contribution in [-0.4, -0.2) is 47.6 Å². The van der Waals surface area contributed by atoms with Crippen LogP contribution < -0.4 is 11.1 Å². The summed E-state index contributed by atoms with van der Waals surface area (Å²) in [5.41, 5.74) is 6.02. The Balaban J connectivity index is 1.38. The molecule has 1 aliphatic heterocycles. The Bertz CT molecular complexity index is 1940. The molecule has 1 amide bonds. The summed E-state index contributed by atoms with van der Waals surface area (Å²) in [4.78, 5) is 37.0. The van der Waals surface area contributed by atoms with E-state index in [4.69, 9.17) is 15.3 Å². The van der Waals surface area contributed by atoms with Gasteiger partial charge in [-0.1, -0.05) is 12.1 Å². The van der Waals surface area contributed by atoms with Gasteiger partial charge in [0.25, 0.3) is 0 Å². The van der Waals surface area contributed by atoms with Gasteiger partial charge in [0.05, 0.1) is 23.3 Å². The molecule has 4 heterocycles. The van der Waals surface area contributed by atoms with Gasteiger partial charge in [-0.3, -0.25) is 9.48 Å². The van der Waals surface area contributed by atoms with Crippen LogP contribution in [0.25, 0.3) is 22.4 Å². The van der Waals surface area contributed by atoms with Crippen LogP contribution in [0, 0.1) is 11.6 Å². The number of alkyl halides is 2. The molecule has 2 aromatic carbocycles. The predicted molar refractivity (Wildman–Crippen MR) is 143 cm³/mol. The van der Waals surface area contributed by atoms with Crippen LogP contribution in [0.15, 0.2) is 53.1 Å². The van der Waals surface area contributed by atoms with Gasteiger partial charge in [-0.2, -0.15) is 13.9 Å². The summed E-state index contributed by atoms with van der Waals surface area (Å²) in [6.45, 7) is 1.55. The van der Waals surface area contributed by atoms with E-state index in [1.54, 1.807) is 12.1 Å². The molecule has 1 atom stereocenters. The zero-order valence-electron chi connectivity index (χ0n) is 22.2. The van der Waals surface area contributed by atoms with Gasteiger partial charge in [0.2, 0.25) is 11.8 Å². The zero-order chi connectivity index (χ0) is 30.7. The summed E-state index contributed by atoms with van der Waals surface area (Å²) in [5, 5.41) is 16.3. The Morgan fingerprint density at radius 1 is 1.14 bits per heavy atom. The molecular formula is C28H21F4N7O4. The van der Waals surface area contributed by atoms with Crippen molar-refractivity contribution in [2.75, 3.05) is 11.1 Å². The summed E-state index contributed by atoms with van der Waals surface area (Å²) < 4.78 is 62.1. The molecule has 0 fully saturated rings. The van der Waals surface area contributed by atoms with Gasteiger partial charge in [-0.05, 0) is 49.2 Å². The standard InChI is InChI=1S/C28H21F4N7O4/c1-27(25-34-16(12-43-25)7-8-28(31,32)26(41)42)19-21(33)35-23(36-22(19)37-24(27)40)20-17-6-5-15(30)10-18(17)39(38-20)11-13-3-2-4-14(29)9-13/h2-6,9-10,12H,7-8,11H2,1H3,(H,41,42)(H3,33,35,36,37,40). The van der Waals surface area contributed by atoms with Gasteiger partial charge in [0.1, 0.15) is 35.2 Å². The molecule has 1 unspecified atom stereocenters. The summed E-state index contributed by atoms with van der Waals surface area (Å²) in [6, 6.07) is 9.88. The van der Waals surface area contributed by atoms with Crippen LogP contribution in [0.2, 0.25) is 0 Å². The predicted octanol–water partition coefficient (Wildman–Crippen LogP) is 4.30. The number of amides is 1. The number of nitrogens with one attached hydrogen (secondary N) is 1. The Kier molecular flexibility index (Phi) is 6.40. The molecule has 220 valence electrons. The second-order valence-corrected chi connectivity index (χ2v) is 10.2. The highest BCUT2D eigenvalue weighted by Gasteiger charge is 2.51. The molecule has 0 bridgehead atoms. The van der Waals surface area contributed by atoms with E-state index >= 15 is 0 Å². The van der Waals surface area contributed by atoms with Crippen LogP contribution in [0.1, 0.15) is 36.1 Å². The fraction of sp³-hybridized carbons (Fsp3) is 0.214. The summed E-state index contributed by atoms with van der Waals surface area (Å²) in [6.07, 6.45) is -0.387. The highest BCUT2D eigenvalue weighted by Crippen LogP contribution is 2.45. The van der Waals surface area contributed by atoms with Gasteiger partial charge < -0.3 is 20.6 Å². The van der Waals surface area contributed by atoms with Crippen molar-refractivity contribution in [3.8, 4) is 11.5 Å². The molecule has 0 saturated carbocycles. The van der Waals surface area contributed by atoms with Gasteiger partial charge in [0, 0.05) is 11.8 Å². The number of aryl methyl sites for hydroxylation is 1. The van der Waals surface area contributed by atoms with Crippen molar-refractivity contribution >= 4 is 34.4 Å². The number of halogens is 4. The fourth-order valence-electron chi connectivity index (χ4n) is 5.00. The number of rotatable bonds is 8. The second kappa shape index (κ2) is 9.89. The van der Waals surface area contributed by atoms with Gasteiger partial charge in [-0.15, -0.1) is 0 Å². The van der Waals surface area contributed by atoms with E-state index in [2.05, 4.69) is 25.4 Å². The average Bonchev–Trinajstić information content (AvgIpc) is 3.63. The number of hydrogen-bond donors (Lipinski definition) is 3. The summed E-state index contributed by atoms with van der Waals surface area (Å²) in [7, 11) is 0. The molecule has 0 saturated heterocycles. The number of nitrogens with zero attached hydrogens (tertiary/aromatic N) is 5. The largest absolute Gasteiger partial charge is 0.477 e. The summed E-state index contributed by atoms with van der Waals surface area (Å²) in [5.74, 6) is -8.08. The minimum absolute atomic E-state index is 0.0112. The molecule has 11 nitrogen and oxygen atoms in total. The molecule has 43 heavy (non-hydrogen) atoms. The highest BCUT2D eigenvalue weighted by atomic mass is 19.3. The number of oxazole rings is 1. The third-order valence-electron chi connectivity index (χ3n) is 7.26. The number of carboxylic acid groups (broad SMARTS) is 1. The number of benzene rings is 2. The first-order valence-corrected chi connectivity index (χ1v) is 12.8. The number of nitrogens with two attached hydrogens (primary N) is 1. The van der Waals surface area contributed by atoms with Crippen LogP contribution in [0.5, 0.6) is 0 Å². The van der Waals surface area contributed by atoms with Crippen molar-refractivity contribution in [1.82, 2.24) is 24.7 Å². The van der Waals surface area contributed by atoms with Crippen LogP contribution >= 0.6 is 0 Å². The number of aromatic nitrogens is 5. The lowest BCUT2D eigenvalue weighted by Gasteiger charge is -2.18. The van der Waals surface area contributed by atoms with E-state index < -0.39 is 47.7 Å². The van der Waals surface area contributed by atoms with E-state index in [1.807, 2.05) is 0 Å². The zero-order valence-corrected chi connectivity index (χ0v) is 22.2. The van der Waals surface area contributed by atoms with Crippen LogP contribution in [0.4, 0.5) is 29.2 Å². The van der Waals surface area contributed by atoms with Crippen molar-refractivity contribution in [3.05, 3.63) is 83.1 Å². The maximum atomic E-state index is 14.2. The van der Waals surface area contributed by atoms with E-state index in [9.17, 15) is 27.2 Å².